The Balaban J connectivity index is 1.55. The van der Waals surface area contributed by atoms with Crippen LogP contribution < -0.4 is 16.4 Å². The second-order valence-electron chi connectivity index (χ2n) is 7.86. The lowest BCUT2D eigenvalue weighted by Gasteiger charge is -2.20. The van der Waals surface area contributed by atoms with Crippen LogP contribution in [-0.2, 0) is 17.5 Å². The average Bonchev–Trinajstić information content (AvgIpc) is 3.20. The van der Waals surface area contributed by atoms with Crippen molar-refractivity contribution in [1.82, 2.24) is 4.98 Å². The van der Waals surface area contributed by atoms with Crippen LogP contribution in [0.25, 0.3) is 22.0 Å². The summed E-state index contributed by atoms with van der Waals surface area (Å²) in [6.07, 6.45) is -5.92. The number of anilines is 2. The standard InChI is InChI=1S/C25H23F3N4O3/c1-35-13-15-6-9-16(25(26,27)28)12-20(15)32-24(34)30-17-10-7-14(8-11-17)21-18-4-2-3-5-19(18)31-22(21)23(29)33/h2-12,24,30-32,34H,13H2,1H3,(H2,29,33). The number of aliphatic hydroxyl groups excluding tert-OH is 1. The maximum Gasteiger partial charge on any atom is 0.416 e. The van der Waals surface area contributed by atoms with Crippen molar-refractivity contribution in [2.45, 2.75) is 19.1 Å². The Kier molecular flexibility index (Phi) is 6.68. The monoisotopic (exact) mass is 484 g/mol. The van der Waals surface area contributed by atoms with Crippen molar-refractivity contribution in [2.24, 2.45) is 5.73 Å². The molecule has 0 saturated carbocycles. The number of nitrogens with two attached hydrogens (primary N) is 1. The second-order valence-corrected chi connectivity index (χ2v) is 7.86. The smallest absolute Gasteiger partial charge is 0.380 e. The van der Waals surface area contributed by atoms with E-state index >= 15 is 0 Å². The van der Waals surface area contributed by atoms with E-state index in [-0.39, 0.29) is 18.0 Å². The molecule has 1 aromatic heterocycles. The maximum absolute atomic E-state index is 13.1. The number of fused-ring (bicyclic) bond motifs is 1. The zero-order valence-electron chi connectivity index (χ0n) is 18.6. The molecule has 1 amide bonds. The summed E-state index contributed by atoms with van der Waals surface area (Å²) in [5, 5.41) is 16.7. The molecule has 0 radical (unpaired) electrons. The number of primary amides is 1. The predicted octanol–water partition coefficient (Wildman–Crippen LogP) is 4.90. The number of carbonyl (C=O) groups excluding carboxylic acids is 1. The fourth-order valence-corrected chi connectivity index (χ4v) is 3.87. The number of aromatic nitrogens is 1. The maximum atomic E-state index is 13.1. The highest BCUT2D eigenvalue weighted by atomic mass is 19.4. The van der Waals surface area contributed by atoms with Crippen LogP contribution in [0, 0.1) is 0 Å². The third-order valence-corrected chi connectivity index (χ3v) is 5.46. The third kappa shape index (κ3) is 5.23. The molecule has 0 bridgehead atoms. The minimum Gasteiger partial charge on any atom is -0.380 e. The molecular weight excluding hydrogens is 461 g/mol. The largest absolute Gasteiger partial charge is 0.416 e. The minimum absolute atomic E-state index is 0.0642. The molecule has 0 saturated heterocycles. The fraction of sp³-hybridized carbons (Fsp3) is 0.160. The molecule has 35 heavy (non-hydrogen) atoms. The molecule has 0 aliphatic heterocycles. The molecule has 10 heteroatoms. The Labute approximate surface area is 198 Å². The molecule has 4 rings (SSSR count). The van der Waals surface area contributed by atoms with Gasteiger partial charge in [-0.15, -0.1) is 0 Å². The first-order valence-corrected chi connectivity index (χ1v) is 10.6. The van der Waals surface area contributed by atoms with E-state index in [1.54, 1.807) is 24.3 Å². The van der Waals surface area contributed by atoms with Gasteiger partial charge in [0, 0.05) is 40.5 Å². The van der Waals surface area contributed by atoms with Crippen LogP contribution in [-0.4, -0.2) is 29.5 Å². The lowest BCUT2D eigenvalue weighted by Crippen LogP contribution is -2.28. The van der Waals surface area contributed by atoms with E-state index in [2.05, 4.69) is 15.6 Å². The van der Waals surface area contributed by atoms with Gasteiger partial charge >= 0.3 is 6.18 Å². The Morgan fingerprint density at radius 3 is 2.46 bits per heavy atom. The van der Waals surface area contributed by atoms with Gasteiger partial charge in [0.1, 0.15) is 5.69 Å². The van der Waals surface area contributed by atoms with Gasteiger partial charge in [-0.3, -0.25) is 4.79 Å². The summed E-state index contributed by atoms with van der Waals surface area (Å²) in [5.41, 5.74) is 8.18. The lowest BCUT2D eigenvalue weighted by molar-refractivity contribution is -0.137. The molecule has 0 aliphatic carbocycles. The first-order valence-electron chi connectivity index (χ1n) is 10.6. The van der Waals surface area contributed by atoms with Gasteiger partial charge < -0.3 is 31.2 Å². The number of hydrogen-bond donors (Lipinski definition) is 5. The lowest BCUT2D eigenvalue weighted by atomic mass is 10.0. The number of hydrogen-bond acceptors (Lipinski definition) is 5. The predicted molar refractivity (Wildman–Crippen MR) is 128 cm³/mol. The molecule has 1 heterocycles. The summed E-state index contributed by atoms with van der Waals surface area (Å²) in [7, 11) is 1.43. The Morgan fingerprint density at radius 1 is 1.09 bits per heavy atom. The normalized spacial score (nSPS) is 12.5. The van der Waals surface area contributed by atoms with Gasteiger partial charge in [0.05, 0.1) is 12.2 Å². The number of methoxy groups -OCH3 is 1. The topological polar surface area (TPSA) is 112 Å². The van der Waals surface area contributed by atoms with Gasteiger partial charge in [0.15, 0.2) is 0 Å². The molecule has 0 aliphatic rings. The zero-order chi connectivity index (χ0) is 25.2. The Hall–Kier alpha value is -4.02. The van der Waals surface area contributed by atoms with Crippen LogP contribution in [0.2, 0.25) is 0 Å². The number of benzene rings is 3. The van der Waals surface area contributed by atoms with E-state index in [9.17, 15) is 23.1 Å². The van der Waals surface area contributed by atoms with E-state index in [1.165, 1.54) is 13.2 Å². The van der Waals surface area contributed by atoms with Crippen molar-refractivity contribution in [1.29, 1.82) is 0 Å². The van der Waals surface area contributed by atoms with Crippen molar-refractivity contribution in [3.05, 3.63) is 83.6 Å². The number of ether oxygens (including phenoxy) is 1. The van der Waals surface area contributed by atoms with Crippen molar-refractivity contribution in [3.8, 4) is 11.1 Å². The molecule has 3 aromatic carbocycles. The highest BCUT2D eigenvalue weighted by Gasteiger charge is 2.31. The van der Waals surface area contributed by atoms with E-state index in [1.807, 2.05) is 24.3 Å². The number of amides is 1. The summed E-state index contributed by atoms with van der Waals surface area (Å²) in [4.78, 5) is 15.0. The van der Waals surface area contributed by atoms with Gasteiger partial charge in [0.25, 0.3) is 5.91 Å². The Bertz CT molecular complexity index is 1350. The van der Waals surface area contributed by atoms with Crippen LogP contribution >= 0.6 is 0 Å². The number of halogens is 3. The fourth-order valence-electron chi connectivity index (χ4n) is 3.87. The SMILES string of the molecule is COCc1ccc(C(F)(F)F)cc1NC(O)Nc1ccc(-c2c(C(N)=O)[nH]c3ccccc23)cc1. The quantitative estimate of drug-likeness (QED) is 0.229. The van der Waals surface area contributed by atoms with E-state index in [4.69, 9.17) is 10.5 Å². The molecule has 0 fully saturated rings. The van der Waals surface area contributed by atoms with Crippen molar-refractivity contribution in [3.63, 3.8) is 0 Å². The minimum atomic E-state index is -4.53. The number of alkyl halides is 3. The molecule has 1 unspecified atom stereocenters. The van der Waals surface area contributed by atoms with Crippen LogP contribution in [0.5, 0.6) is 0 Å². The summed E-state index contributed by atoms with van der Waals surface area (Å²) in [5.74, 6) is -0.592. The number of aliphatic hydroxyl groups is 1. The average molecular weight is 484 g/mol. The van der Waals surface area contributed by atoms with Gasteiger partial charge in [0.2, 0.25) is 6.35 Å². The van der Waals surface area contributed by atoms with Gasteiger partial charge in [-0.05, 0) is 35.9 Å². The van der Waals surface area contributed by atoms with E-state index < -0.39 is 24.0 Å². The van der Waals surface area contributed by atoms with Crippen LogP contribution in [0.3, 0.4) is 0 Å². The number of para-hydroxylation sites is 1. The molecule has 7 nitrogen and oxygen atoms in total. The van der Waals surface area contributed by atoms with Crippen molar-refractivity contribution in [2.75, 3.05) is 17.7 Å². The van der Waals surface area contributed by atoms with Crippen LogP contribution in [0.15, 0.2) is 66.7 Å². The molecule has 6 N–H and O–H groups in total. The molecule has 1 atom stereocenters. The van der Waals surface area contributed by atoms with Gasteiger partial charge in [-0.1, -0.05) is 36.4 Å². The van der Waals surface area contributed by atoms with Crippen LogP contribution in [0.1, 0.15) is 21.6 Å². The number of H-pyrrole nitrogens is 1. The zero-order valence-corrected chi connectivity index (χ0v) is 18.6. The number of rotatable bonds is 8. The second kappa shape index (κ2) is 9.69. The van der Waals surface area contributed by atoms with Gasteiger partial charge in [-0.25, -0.2) is 0 Å². The summed E-state index contributed by atoms with van der Waals surface area (Å²) in [6.45, 7) is 0.0642. The number of aromatic amines is 1. The summed E-state index contributed by atoms with van der Waals surface area (Å²) < 4.78 is 44.4. The first-order chi connectivity index (χ1) is 16.7. The number of nitrogens with one attached hydrogen (secondary N) is 3. The highest BCUT2D eigenvalue weighted by molar-refractivity contribution is 6.09. The van der Waals surface area contributed by atoms with Crippen molar-refractivity contribution < 1.29 is 27.8 Å². The van der Waals surface area contributed by atoms with E-state index in [0.717, 1.165) is 28.6 Å². The molecule has 4 aromatic rings. The molecule has 0 spiro atoms. The first kappa shape index (κ1) is 24.1. The molecular formula is C25H23F3N4O3. The Morgan fingerprint density at radius 2 is 1.80 bits per heavy atom. The molecule has 182 valence electrons. The van der Waals surface area contributed by atoms with Crippen molar-refractivity contribution >= 4 is 28.2 Å². The summed E-state index contributed by atoms with van der Waals surface area (Å²) in [6, 6.07) is 17.4. The highest BCUT2D eigenvalue weighted by Crippen LogP contribution is 2.34. The van der Waals surface area contributed by atoms with Crippen LogP contribution in [0.4, 0.5) is 24.5 Å². The third-order valence-electron chi connectivity index (χ3n) is 5.46. The number of carbonyl (C=O) groups is 1. The summed E-state index contributed by atoms with van der Waals surface area (Å²) >= 11 is 0. The van der Waals surface area contributed by atoms with Gasteiger partial charge in [-0.2, -0.15) is 13.2 Å². The van der Waals surface area contributed by atoms with E-state index in [0.29, 0.717) is 16.8 Å².